The Labute approximate surface area is 141 Å². The average molecular weight is 346 g/mol. The third kappa shape index (κ3) is 4.06. The summed E-state index contributed by atoms with van der Waals surface area (Å²) in [6.07, 6.45) is 0.528. The molecule has 7 heteroatoms. The third-order valence-corrected chi connectivity index (χ3v) is 3.56. The van der Waals surface area contributed by atoms with E-state index in [0.29, 0.717) is 13.0 Å². The minimum absolute atomic E-state index is 0.0267. The van der Waals surface area contributed by atoms with Gasteiger partial charge in [0.05, 0.1) is 0 Å². The monoisotopic (exact) mass is 346 g/mol. The quantitative estimate of drug-likeness (QED) is 0.766. The minimum atomic E-state index is -1.01. The molecule has 0 aliphatic carbocycles. The largest absolute Gasteiger partial charge is 0.355 e. The molecule has 0 saturated heterocycles. The molecule has 2 aromatic carbocycles. The van der Waals surface area contributed by atoms with Crippen molar-refractivity contribution >= 4 is 5.91 Å². The van der Waals surface area contributed by atoms with Crippen molar-refractivity contribution in [2.75, 3.05) is 6.54 Å². The fourth-order valence-corrected chi connectivity index (χ4v) is 2.23. The number of carbonyl (C=O) groups excluding carboxylic acids is 1. The molecule has 0 radical (unpaired) electrons. The van der Waals surface area contributed by atoms with Crippen LogP contribution in [-0.4, -0.2) is 17.6 Å². The number of hydrogen-bond acceptors (Lipinski definition) is 3. The van der Waals surface area contributed by atoms with E-state index in [2.05, 4.69) is 10.5 Å². The zero-order chi connectivity index (χ0) is 17.8. The molecule has 3 rings (SSSR count). The number of rotatable bonds is 5. The van der Waals surface area contributed by atoms with E-state index in [1.807, 2.05) is 0 Å². The van der Waals surface area contributed by atoms with Gasteiger partial charge in [-0.2, -0.15) is 0 Å². The SMILES string of the molecule is O=C(NCCc1ccc(F)cc1)c1cc(-c2ccc(F)c(F)c2)on1. The van der Waals surface area contributed by atoms with Crippen LogP contribution in [0.4, 0.5) is 13.2 Å². The first-order valence-corrected chi connectivity index (χ1v) is 7.48. The highest BCUT2D eigenvalue weighted by molar-refractivity contribution is 5.93. The molecule has 0 saturated carbocycles. The van der Waals surface area contributed by atoms with Crippen LogP contribution in [0.15, 0.2) is 53.1 Å². The standard InChI is InChI=1S/C18H13F3N2O2/c19-13-4-1-11(2-5-13)7-8-22-18(24)16-10-17(25-23-16)12-3-6-14(20)15(21)9-12/h1-6,9-10H,7-8H2,(H,22,24). The highest BCUT2D eigenvalue weighted by Gasteiger charge is 2.14. The van der Waals surface area contributed by atoms with E-state index >= 15 is 0 Å². The molecule has 3 aromatic rings. The molecule has 0 atom stereocenters. The Morgan fingerprint density at radius 3 is 2.48 bits per heavy atom. The zero-order valence-corrected chi connectivity index (χ0v) is 12.9. The van der Waals surface area contributed by atoms with Gasteiger partial charge in [-0.15, -0.1) is 0 Å². The van der Waals surface area contributed by atoms with Gasteiger partial charge in [-0.05, 0) is 42.3 Å². The molecule has 0 unspecified atom stereocenters. The predicted octanol–water partition coefficient (Wildman–Crippen LogP) is 3.73. The first kappa shape index (κ1) is 16.8. The summed E-state index contributed by atoms with van der Waals surface area (Å²) in [5.74, 6) is -2.61. The van der Waals surface area contributed by atoms with Crippen LogP contribution in [-0.2, 0) is 6.42 Å². The molecule has 0 fully saturated rings. The lowest BCUT2D eigenvalue weighted by Crippen LogP contribution is -2.25. The lowest BCUT2D eigenvalue weighted by atomic mass is 10.1. The molecule has 1 heterocycles. The van der Waals surface area contributed by atoms with Crippen LogP contribution in [0.25, 0.3) is 11.3 Å². The van der Waals surface area contributed by atoms with Crippen molar-refractivity contribution in [2.45, 2.75) is 6.42 Å². The highest BCUT2D eigenvalue weighted by Crippen LogP contribution is 2.22. The highest BCUT2D eigenvalue weighted by atomic mass is 19.2. The molecule has 128 valence electrons. The van der Waals surface area contributed by atoms with Crippen molar-refractivity contribution in [2.24, 2.45) is 0 Å². The number of aromatic nitrogens is 1. The molecule has 4 nitrogen and oxygen atoms in total. The number of hydrogen-bond donors (Lipinski definition) is 1. The van der Waals surface area contributed by atoms with Gasteiger partial charge in [0.1, 0.15) is 5.82 Å². The molecule has 1 N–H and O–H groups in total. The number of benzene rings is 2. The van der Waals surface area contributed by atoms with Gasteiger partial charge in [-0.3, -0.25) is 4.79 Å². The summed E-state index contributed by atoms with van der Waals surface area (Å²) >= 11 is 0. The van der Waals surface area contributed by atoms with Gasteiger partial charge in [0.25, 0.3) is 5.91 Å². The van der Waals surface area contributed by atoms with Gasteiger partial charge < -0.3 is 9.84 Å². The van der Waals surface area contributed by atoms with Crippen molar-refractivity contribution in [3.8, 4) is 11.3 Å². The van der Waals surface area contributed by atoms with Crippen molar-refractivity contribution < 1.29 is 22.5 Å². The van der Waals surface area contributed by atoms with Crippen LogP contribution in [0.2, 0.25) is 0 Å². The summed E-state index contributed by atoms with van der Waals surface area (Å²) < 4.78 is 44.0. The van der Waals surface area contributed by atoms with Crippen molar-refractivity contribution in [3.63, 3.8) is 0 Å². The van der Waals surface area contributed by atoms with E-state index < -0.39 is 17.5 Å². The summed E-state index contributed by atoms with van der Waals surface area (Å²) in [5.41, 5.74) is 1.18. The second kappa shape index (κ2) is 7.21. The molecule has 1 aromatic heterocycles. The maximum absolute atomic E-state index is 13.2. The van der Waals surface area contributed by atoms with Crippen LogP contribution in [0, 0.1) is 17.5 Å². The lowest BCUT2D eigenvalue weighted by Gasteiger charge is -2.03. The van der Waals surface area contributed by atoms with Gasteiger partial charge in [-0.1, -0.05) is 17.3 Å². The normalized spacial score (nSPS) is 10.7. The summed E-state index contributed by atoms with van der Waals surface area (Å²) in [5, 5.41) is 6.29. The topological polar surface area (TPSA) is 55.1 Å². The number of amides is 1. The summed E-state index contributed by atoms with van der Waals surface area (Å²) in [4.78, 5) is 12.0. The molecule has 0 aliphatic rings. The molecule has 0 spiro atoms. The fourth-order valence-electron chi connectivity index (χ4n) is 2.23. The molecule has 25 heavy (non-hydrogen) atoms. The van der Waals surface area contributed by atoms with Crippen molar-refractivity contribution in [1.82, 2.24) is 10.5 Å². The Morgan fingerprint density at radius 1 is 1.00 bits per heavy atom. The summed E-state index contributed by atoms with van der Waals surface area (Å²) in [7, 11) is 0. The van der Waals surface area contributed by atoms with E-state index in [1.165, 1.54) is 24.3 Å². The maximum Gasteiger partial charge on any atom is 0.273 e. The van der Waals surface area contributed by atoms with Gasteiger partial charge in [0.2, 0.25) is 0 Å². The number of carbonyl (C=O) groups is 1. The Kier molecular flexibility index (Phi) is 4.83. The van der Waals surface area contributed by atoms with E-state index in [4.69, 9.17) is 4.52 Å². The minimum Gasteiger partial charge on any atom is -0.355 e. The summed E-state index contributed by atoms with van der Waals surface area (Å²) in [6.45, 7) is 0.331. The van der Waals surface area contributed by atoms with Crippen LogP contribution < -0.4 is 5.32 Å². The van der Waals surface area contributed by atoms with Crippen molar-refractivity contribution in [3.05, 3.63) is 77.2 Å². The Morgan fingerprint density at radius 2 is 1.76 bits per heavy atom. The van der Waals surface area contributed by atoms with Gasteiger partial charge >= 0.3 is 0 Å². The first-order valence-electron chi connectivity index (χ1n) is 7.48. The van der Waals surface area contributed by atoms with Gasteiger partial charge in [0.15, 0.2) is 23.1 Å². The molecular weight excluding hydrogens is 333 g/mol. The predicted molar refractivity (Wildman–Crippen MR) is 84.3 cm³/mol. The van der Waals surface area contributed by atoms with E-state index in [9.17, 15) is 18.0 Å². The molecular formula is C18H13F3N2O2. The first-order chi connectivity index (χ1) is 12.0. The maximum atomic E-state index is 13.2. The van der Waals surface area contributed by atoms with E-state index in [1.54, 1.807) is 12.1 Å². The average Bonchev–Trinajstić information content (AvgIpc) is 3.09. The smallest absolute Gasteiger partial charge is 0.273 e. The molecule has 0 aliphatic heterocycles. The van der Waals surface area contributed by atoms with Crippen LogP contribution in [0.1, 0.15) is 16.1 Å². The molecule has 0 bridgehead atoms. The molecule has 1 amide bonds. The van der Waals surface area contributed by atoms with E-state index in [0.717, 1.165) is 17.7 Å². The van der Waals surface area contributed by atoms with Crippen LogP contribution in [0.5, 0.6) is 0 Å². The van der Waals surface area contributed by atoms with Gasteiger partial charge in [0, 0.05) is 18.2 Å². The third-order valence-electron chi connectivity index (χ3n) is 3.56. The second-order valence-corrected chi connectivity index (χ2v) is 5.34. The van der Waals surface area contributed by atoms with E-state index in [-0.39, 0.29) is 22.8 Å². The second-order valence-electron chi connectivity index (χ2n) is 5.34. The Balaban J connectivity index is 1.60. The van der Waals surface area contributed by atoms with Crippen LogP contribution in [0.3, 0.4) is 0 Å². The number of nitrogens with zero attached hydrogens (tertiary/aromatic N) is 1. The van der Waals surface area contributed by atoms with Crippen LogP contribution >= 0.6 is 0 Å². The number of nitrogens with one attached hydrogen (secondary N) is 1. The Hall–Kier alpha value is -3.09. The zero-order valence-electron chi connectivity index (χ0n) is 12.9. The lowest BCUT2D eigenvalue weighted by molar-refractivity contribution is 0.0945. The van der Waals surface area contributed by atoms with Crippen molar-refractivity contribution in [1.29, 1.82) is 0 Å². The Bertz CT molecular complexity index is 892. The fraction of sp³-hybridized carbons (Fsp3) is 0.111. The summed E-state index contributed by atoms with van der Waals surface area (Å²) in [6, 6.07) is 10.6. The van der Waals surface area contributed by atoms with Gasteiger partial charge in [-0.25, -0.2) is 13.2 Å². The number of halogens is 3.